The van der Waals surface area contributed by atoms with Crippen LogP contribution in [0.25, 0.3) is 0 Å². The predicted octanol–water partition coefficient (Wildman–Crippen LogP) is 2.40. The Morgan fingerprint density at radius 3 is 2.47 bits per heavy atom. The highest BCUT2D eigenvalue weighted by molar-refractivity contribution is 5.94. The van der Waals surface area contributed by atoms with Gasteiger partial charge in [-0.05, 0) is 31.4 Å². The van der Waals surface area contributed by atoms with Crippen LogP contribution in [0.2, 0.25) is 0 Å². The third-order valence-electron chi connectivity index (χ3n) is 3.42. The number of nitrogens with one attached hydrogen (secondary N) is 2. The Hall–Kier alpha value is -1.55. The normalized spacial score (nSPS) is 24.3. The lowest BCUT2D eigenvalue weighted by molar-refractivity contribution is 0.236. The highest BCUT2D eigenvalue weighted by atomic mass is 16.2. The molecule has 1 saturated heterocycles. The van der Waals surface area contributed by atoms with Crippen molar-refractivity contribution in [2.24, 2.45) is 5.92 Å². The zero-order valence-corrected chi connectivity index (χ0v) is 10.7. The molecule has 0 bridgehead atoms. The van der Waals surface area contributed by atoms with Gasteiger partial charge in [-0.25, -0.2) is 15.2 Å². The van der Waals surface area contributed by atoms with Gasteiger partial charge in [0.2, 0.25) is 0 Å². The fourth-order valence-electron chi connectivity index (χ4n) is 1.85. The van der Waals surface area contributed by atoms with Crippen molar-refractivity contribution in [2.45, 2.75) is 33.4 Å². The van der Waals surface area contributed by atoms with Gasteiger partial charge in [0.1, 0.15) is 5.66 Å². The number of hydrazine groups is 1. The number of hydrogen-bond acceptors (Lipinski definition) is 2. The summed E-state index contributed by atoms with van der Waals surface area (Å²) in [4.78, 5) is 12.0. The van der Waals surface area contributed by atoms with Crippen molar-refractivity contribution in [2.75, 3.05) is 5.01 Å². The van der Waals surface area contributed by atoms with E-state index in [1.165, 1.54) is 0 Å². The number of carbonyl (C=O) groups excluding carboxylic acids is 1. The van der Waals surface area contributed by atoms with Gasteiger partial charge in [-0.1, -0.05) is 32.0 Å². The molecule has 0 radical (unpaired) electrons. The predicted molar refractivity (Wildman–Crippen MR) is 68.6 cm³/mol. The molecule has 1 aromatic carbocycles. The molecular weight excluding hydrogens is 214 g/mol. The largest absolute Gasteiger partial charge is 0.338 e. The molecule has 1 fully saturated rings. The molecule has 92 valence electrons. The van der Waals surface area contributed by atoms with Crippen molar-refractivity contribution in [3.8, 4) is 0 Å². The molecule has 0 spiro atoms. The average molecular weight is 233 g/mol. The lowest BCUT2D eigenvalue weighted by Gasteiger charge is -2.29. The number of nitrogens with zero attached hydrogens (tertiary/aromatic N) is 1. The Labute approximate surface area is 102 Å². The van der Waals surface area contributed by atoms with Gasteiger partial charge in [-0.2, -0.15) is 0 Å². The molecule has 1 aliphatic rings. The van der Waals surface area contributed by atoms with Gasteiger partial charge >= 0.3 is 6.03 Å². The number of anilines is 1. The van der Waals surface area contributed by atoms with Gasteiger partial charge in [0.05, 0.1) is 5.69 Å². The number of hydrogen-bond donors (Lipinski definition) is 2. The van der Waals surface area contributed by atoms with Gasteiger partial charge in [-0.15, -0.1) is 0 Å². The SMILES string of the molecule is Cc1ccccc1N1NC(C)(C(C)C)NC1=O. The zero-order valence-electron chi connectivity index (χ0n) is 10.7. The van der Waals surface area contributed by atoms with E-state index in [-0.39, 0.29) is 11.7 Å². The van der Waals surface area contributed by atoms with E-state index in [0.717, 1.165) is 11.3 Å². The number of para-hydroxylation sites is 1. The molecule has 1 atom stereocenters. The molecule has 1 unspecified atom stereocenters. The average Bonchev–Trinajstić information content (AvgIpc) is 2.56. The van der Waals surface area contributed by atoms with Crippen molar-refractivity contribution in [1.29, 1.82) is 0 Å². The maximum absolute atomic E-state index is 12.0. The van der Waals surface area contributed by atoms with E-state index in [9.17, 15) is 4.79 Å². The summed E-state index contributed by atoms with van der Waals surface area (Å²) in [5, 5.41) is 4.57. The van der Waals surface area contributed by atoms with Gasteiger partial charge < -0.3 is 5.32 Å². The van der Waals surface area contributed by atoms with Crippen LogP contribution in [0.4, 0.5) is 10.5 Å². The van der Waals surface area contributed by atoms with E-state index in [2.05, 4.69) is 24.6 Å². The number of amides is 2. The van der Waals surface area contributed by atoms with E-state index in [4.69, 9.17) is 0 Å². The van der Waals surface area contributed by atoms with Crippen LogP contribution in [0.15, 0.2) is 24.3 Å². The first kappa shape index (κ1) is 11.9. The standard InChI is InChI=1S/C13H19N3O/c1-9(2)13(4)14-12(17)16(15-13)11-8-6-5-7-10(11)3/h5-9,15H,1-4H3,(H,14,17). The number of urea groups is 1. The molecule has 0 saturated carbocycles. The van der Waals surface area contributed by atoms with Crippen molar-refractivity contribution >= 4 is 11.7 Å². The van der Waals surface area contributed by atoms with Crippen molar-refractivity contribution < 1.29 is 4.79 Å². The Morgan fingerprint density at radius 1 is 1.29 bits per heavy atom. The number of rotatable bonds is 2. The van der Waals surface area contributed by atoms with E-state index >= 15 is 0 Å². The van der Waals surface area contributed by atoms with Crippen LogP contribution in [0, 0.1) is 12.8 Å². The summed E-state index contributed by atoms with van der Waals surface area (Å²) in [6, 6.07) is 7.73. The van der Waals surface area contributed by atoms with Gasteiger partial charge in [0, 0.05) is 0 Å². The quantitative estimate of drug-likeness (QED) is 0.824. The fraction of sp³-hybridized carbons (Fsp3) is 0.462. The molecule has 1 heterocycles. The summed E-state index contributed by atoms with van der Waals surface area (Å²) in [5.41, 5.74) is 4.83. The number of carbonyl (C=O) groups is 1. The summed E-state index contributed by atoms with van der Waals surface area (Å²) in [6.45, 7) is 8.15. The second-order valence-corrected chi connectivity index (χ2v) is 5.02. The smallest absolute Gasteiger partial charge is 0.317 e. The molecule has 4 heteroatoms. The van der Waals surface area contributed by atoms with Crippen LogP contribution in [0.1, 0.15) is 26.3 Å². The second kappa shape index (κ2) is 4.04. The summed E-state index contributed by atoms with van der Waals surface area (Å²) in [7, 11) is 0. The first-order chi connectivity index (χ1) is 7.94. The molecule has 17 heavy (non-hydrogen) atoms. The first-order valence-electron chi connectivity index (χ1n) is 5.90. The van der Waals surface area contributed by atoms with Crippen molar-refractivity contribution in [3.63, 3.8) is 0 Å². The molecule has 0 aliphatic carbocycles. The number of benzene rings is 1. The molecule has 2 N–H and O–H groups in total. The summed E-state index contributed by atoms with van der Waals surface area (Å²) >= 11 is 0. The van der Waals surface area contributed by atoms with E-state index in [0.29, 0.717) is 5.92 Å². The molecule has 0 aromatic heterocycles. The van der Waals surface area contributed by atoms with Crippen LogP contribution < -0.4 is 15.8 Å². The van der Waals surface area contributed by atoms with Crippen LogP contribution in [0.5, 0.6) is 0 Å². The summed E-state index contributed by atoms with van der Waals surface area (Å²) < 4.78 is 0. The van der Waals surface area contributed by atoms with Crippen LogP contribution in [0.3, 0.4) is 0 Å². The number of aryl methyl sites for hydroxylation is 1. The highest BCUT2D eigenvalue weighted by Crippen LogP contribution is 2.25. The lowest BCUT2D eigenvalue weighted by Crippen LogP contribution is -2.52. The maximum Gasteiger partial charge on any atom is 0.338 e. The summed E-state index contributed by atoms with van der Waals surface area (Å²) in [5.74, 6) is 0.306. The van der Waals surface area contributed by atoms with E-state index < -0.39 is 0 Å². The molecular formula is C13H19N3O. The topological polar surface area (TPSA) is 44.4 Å². The fourth-order valence-corrected chi connectivity index (χ4v) is 1.85. The Bertz CT molecular complexity index is 444. The Kier molecular flexibility index (Phi) is 2.83. The van der Waals surface area contributed by atoms with E-state index in [1.54, 1.807) is 5.01 Å². The zero-order chi connectivity index (χ0) is 12.6. The second-order valence-electron chi connectivity index (χ2n) is 5.02. The van der Waals surface area contributed by atoms with Crippen LogP contribution in [-0.4, -0.2) is 11.7 Å². The highest BCUT2D eigenvalue weighted by Gasteiger charge is 2.41. The first-order valence-corrected chi connectivity index (χ1v) is 5.90. The van der Waals surface area contributed by atoms with Gasteiger partial charge in [-0.3, -0.25) is 0 Å². The summed E-state index contributed by atoms with van der Waals surface area (Å²) in [6.07, 6.45) is 0. The monoisotopic (exact) mass is 233 g/mol. The maximum atomic E-state index is 12.0. The minimum atomic E-state index is -0.390. The molecule has 2 rings (SSSR count). The third-order valence-corrected chi connectivity index (χ3v) is 3.42. The Morgan fingerprint density at radius 2 is 1.94 bits per heavy atom. The van der Waals surface area contributed by atoms with Crippen molar-refractivity contribution in [3.05, 3.63) is 29.8 Å². The molecule has 2 amide bonds. The van der Waals surface area contributed by atoms with Crippen LogP contribution in [-0.2, 0) is 0 Å². The van der Waals surface area contributed by atoms with E-state index in [1.807, 2.05) is 38.1 Å². The minimum absolute atomic E-state index is 0.101. The minimum Gasteiger partial charge on any atom is -0.317 e. The van der Waals surface area contributed by atoms with Gasteiger partial charge in [0.15, 0.2) is 0 Å². The molecule has 1 aromatic rings. The van der Waals surface area contributed by atoms with Crippen LogP contribution >= 0.6 is 0 Å². The van der Waals surface area contributed by atoms with Crippen molar-refractivity contribution in [1.82, 2.24) is 10.7 Å². The van der Waals surface area contributed by atoms with Gasteiger partial charge in [0.25, 0.3) is 0 Å². The molecule has 1 aliphatic heterocycles. The lowest BCUT2D eigenvalue weighted by atomic mass is 10.00. The third kappa shape index (κ3) is 2.00. The Balaban J connectivity index is 2.31. The molecule has 4 nitrogen and oxygen atoms in total.